The molecule has 0 fully saturated rings. The van der Waals surface area contributed by atoms with E-state index in [2.05, 4.69) is 30.1 Å². The Balaban J connectivity index is 2.16. The molecular weight excluding hydrogens is 244 g/mol. The van der Waals surface area contributed by atoms with E-state index in [1.807, 2.05) is 35.9 Å². The van der Waals surface area contributed by atoms with Crippen LogP contribution in [0.3, 0.4) is 0 Å². The molecule has 0 amide bonds. The topological polar surface area (TPSA) is 17.3 Å². The summed E-state index contributed by atoms with van der Waals surface area (Å²) in [5.41, 5.74) is 5.32. The maximum atomic E-state index is 6.04. The van der Waals surface area contributed by atoms with Crippen LogP contribution in [0.5, 0.6) is 0 Å². The Kier molecular flexibility index (Phi) is 2.60. The summed E-state index contributed by atoms with van der Waals surface area (Å²) in [6.45, 7) is 4.08. The Bertz CT molecular complexity index is 728. The standard InChI is InChI=1S/C15H13ClN2/c1-10-5-6-18-9-14(17-15(18)7-10)12-3-4-13(16)11(2)8-12/h3-9H,1-2H3. The van der Waals surface area contributed by atoms with E-state index in [4.69, 9.17) is 11.6 Å². The maximum absolute atomic E-state index is 6.04. The Morgan fingerprint density at radius 1 is 1.11 bits per heavy atom. The molecule has 1 aromatic carbocycles. The number of benzene rings is 1. The second-order valence-electron chi connectivity index (χ2n) is 4.56. The summed E-state index contributed by atoms with van der Waals surface area (Å²) in [4.78, 5) is 4.63. The fourth-order valence-corrected chi connectivity index (χ4v) is 2.14. The average Bonchev–Trinajstić information content (AvgIpc) is 2.75. The van der Waals surface area contributed by atoms with Gasteiger partial charge >= 0.3 is 0 Å². The van der Waals surface area contributed by atoms with Gasteiger partial charge in [-0.05, 0) is 49.2 Å². The van der Waals surface area contributed by atoms with E-state index in [0.29, 0.717) is 0 Å². The highest BCUT2D eigenvalue weighted by Crippen LogP contribution is 2.24. The van der Waals surface area contributed by atoms with Gasteiger partial charge in [0, 0.05) is 23.0 Å². The van der Waals surface area contributed by atoms with Gasteiger partial charge in [-0.1, -0.05) is 17.7 Å². The Morgan fingerprint density at radius 3 is 2.72 bits per heavy atom. The lowest BCUT2D eigenvalue weighted by atomic mass is 10.1. The molecule has 3 aromatic rings. The van der Waals surface area contributed by atoms with Crippen molar-refractivity contribution in [3.63, 3.8) is 0 Å². The molecule has 0 aliphatic heterocycles. The van der Waals surface area contributed by atoms with E-state index in [-0.39, 0.29) is 0 Å². The maximum Gasteiger partial charge on any atom is 0.137 e. The zero-order valence-corrected chi connectivity index (χ0v) is 11.1. The molecule has 0 bridgehead atoms. The Morgan fingerprint density at radius 2 is 1.94 bits per heavy atom. The summed E-state index contributed by atoms with van der Waals surface area (Å²) in [5, 5.41) is 0.790. The molecule has 90 valence electrons. The number of pyridine rings is 1. The summed E-state index contributed by atoms with van der Waals surface area (Å²) in [7, 11) is 0. The minimum atomic E-state index is 0.790. The molecule has 0 aliphatic carbocycles. The molecule has 0 aliphatic rings. The lowest BCUT2D eigenvalue weighted by molar-refractivity contribution is 1.17. The Hall–Kier alpha value is -1.80. The summed E-state index contributed by atoms with van der Waals surface area (Å²) < 4.78 is 2.03. The van der Waals surface area contributed by atoms with Gasteiger partial charge in [-0.15, -0.1) is 0 Å². The molecule has 0 atom stereocenters. The van der Waals surface area contributed by atoms with Crippen LogP contribution in [0.4, 0.5) is 0 Å². The molecule has 2 aromatic heterocycles. The van der Waals surface area contributed by atoms with Gasteiger partial charge in [0.05, 0.1) is 5.69 Å². The molecule has 0 saturated carbocycles. The predicted molar refractivity (Wildman–Crippen MR) is 75.1 cm³/mol. The van der Waals surface area contributed by atoms with Gasteiger partial charge in [-0.2, -0.15) is 0 Å². The summed E-state index contributed by atoms with van der Waals surface area (Å²) in [5.74, 6) is 0. The number of aryl methyl sites for hydroxylation is 2. The van der Waals surface area contributed by atoms with E-state index < -0.39 is 0 Å². The first-order valence-electron chi connectivity index (χ1n) is 5.85. The molecule has 0 unspecified atom stereocenters. The minimum absolute atomic E-state index is 0.790. The van der Waals surface area contributed by atoms with Gasteiger partial charge in [0.25, 0.3) is 0 Å². The predicted octanol–water partition coefficient (Wildman–Crippen LogP) is 4.27. The molecular formula is C15H13ClN2. The van der Waals surface area contributed by atoms with Gasteiger partial charge in [0.1, 0.15) is 5.65 Å². The van der Waals surface area contributed by atoms with Gasteiger partial charge < -0.3 is 4.40 Å². The van der Waals surface area contributed by atoms with Crippen molar-refractivity contribution in [1.82, 2.24) is 9.38 Å². The van der Waals surface area contributed by atoms with Gasteiger partial charge in [0.15, 0.2) is 0 Å². The first kappa shape index (κ1) is 11.3. The van der Waals surface area contributed by atoms with Crippen LogP contribution in [0.1, 0.15) is 11.1 Å². The van der Waals surface area contributed by atoms with E-state index in [1.165, 1.54) is 5.56 Å². The number of imidazole rings is 1. The highest BCUT2D eigenvalue weighted by molar-refractivity contribution is 6.31. The van der Waals surface area contributed by atoms with Crippen LogP contribution in [0.15, 0.2) is 42.7 Å². The first-order chi connectivity index (χ1) is 8.63. The largest absolute Gasteiger partial charge is 0.306 e. The molecule has 0 radical (unpaired) electrons. The highest BCUT2D eigenvalue weighted by Gasteiger charge is 2.05. The number of halogens is 1. The lowest BCUT2D eigenvalue weighted by Crippen LogP contribution is -1.81. The van der Waals surface area contributed by atoms with E-state index >= 15 is 0 Å². The third kappa shape index (κ3) is 1.89. The fourth-order valence-electron chi connectivity index (χ4n) is 2.03. The van der Waals surface area contributed by atoms with Crippen LogP contribution in [0, 0.1) is 13.8 Å². The van der Waals surface area contributed by atoms with Crippen molar-refractivity contribution in [3.05, 3.63) is 58.9 Å². The minimum Gasteiger partial charge on any atom is -0.306 e. The fraction of sp³-hybridized carbons (Fsp3) is 0.133. The monoisotopic (exact) mass is 256 g/mol. The van der Waals surface area contributed by atoms with Crippen molar-refractivity contribution < 1.29 is 0 Å². The second-order valence-corrected chi connectivity index (χ2v) is 4.97. The van der Waals surface area contributed by atoms with Crippen molar-refractivity contribution in [2.75, 3.05) is 0 Å². The number of aromatic nitrogens is 2. The third-order valence-electron chi connectivity index (χ3n) is 3.07. The molecule has 2 nitrogen and oxygen atoms in total. The molecule has 0 spiro atoms. The molecule has 3 rings (SSSR count). The van der Waals surface area contributed by atoms with Crippen molar-refractivity contribution in [1.29, 1.82) is 0 Å². The van der Waals surface area contributed by atoms with Gasteiger partial charge in [-0.25, -0.2) is 4.98 Å². The molecule has 3 heteroatoms. The molecule has 2 heterocycles. The summed E-state index contributed by atoms with van der Waals surface area (Å²) in [6.07, 6.45) is 4.07. The number of nitrogens with zero attached hydrogens (tertiary/aromatic N) is 2. The molecule has 18 heavy (non-hydrogen) atoms. The normalized spacial score (nSPS) is 11.1. The summed E-state index contributed by atoms with van der Waals surface area (Å²) in [6, 6.07) is 10.1. The quantitative estimate of drug-likeness (QED) is 0.636. The zero-order valence-electron chi connectivity index (χ0n) is 10.3. The lowest BCUT2D eigenvalue weighted by Gasteiger charge is -2.00. The first-order valence-corrected chi connectivity index (χ1v) is 6.23. The van der Waals surface area contributed by atoms with Crippen molar-refractivity contribution in [3.8, 4) is 11.3 Å². The highest BCUT2D eigenvalue weighted by atomic mass is 35.5. The van der Waals surface area contributed by atoms with E-state index in [1.54, 1.807) is 0 Å². The zero-order chi connectivity index (χ0) is 12.7. The number of fused-ring (bicyclic) bond motifs is 1. The SMILES string of the molecule is Cc1ccn2cc(-c3ccc(Cl)c(C)c3)nc2c1. The number of rotatable bonds is 1. The summed E-state index contributed by atoms with van der Waals surface area (Å²) >= 11 is 6.04. The van der Waals surface area contributed by atoms with Crippen LogP contribution in [0.2, 0.25) is 5.02 Å². The van der Waals surface area contributed by atoms with Crippen molar-refractivity contribution in [2.24, 2.45) is 0 Å². The third-order valence-corrected chi connectivity index (χ3v) is 3.49. The van der Waals surface area contributed by atoms with E-state index in [0.717, 1.165) is 27.5 Å². The Labute approximate surface area is 111 Å². The average molecular weight is 257 g/mol. The van der Waals surface area contributed by atoms with Gasteiger partial charge in [-0.3, -0.25) is 0 Å². The smallest absolute Gasteiger partial charge is 0.137 e. The van der Waals surface area contributed by atoms with Gasteiger partial charge in [0.2, 0.25) is 0 Å². The number of hydrogen-bond donors (Lipinski definition) is 0. The van der Waals surface area contributed by atoms with Crippen LogP contribution in [0.25, 0.3) is 16.9 Å². The van der Waals surface area contributed by atoms with Crippen LogP contribution >= 0.6 is 11.6 Å². The van der Waals surface area contributed by atoms with Crippen LogP contribution < -0.4 is 0 Å². The van der Waals surface area contributed by atoms with E-state index in [9.17, 15) is 0 Å². The van der Waals surface area contributed by atoms with Crippen LogP contribution in [-0.4, -0.2) is 9.38 Å². The molecule has 0 saturated heterocycles. The van der Waals surface area contributed by atoms with Crippen molar-refractivity contribution >= 4 is 17.2 Å². The number of hydrogen-bond acceptors (Lipinski definition) is 1. The molecule has 0 N–H and O–H groups in total. The second kappa shape index (κ2) is 4.14. The van der Waals surface area contributed by atoms with Crippen molar-refractivity contribution in [2.45, 2.75) is 13.8 Å². The van der Waals surface area contributed by atoms with Crippen LogP contribution in [-0.2, 0) is 0 Å².